The summed E-state index contributed by atoms with van der Waals surface area (Å²) in [6, 6.07) is 0. The molecular formula is C17H33IO2Te. The molecule has 4 heteroatoms. The first-order valence-corrected chi connectivity index (χ1v) is 13.4. The molecule has 0 saturated heterocycles. The first-order valence-electron chi connectivity index (χ1n) is 8.63. The van der Waals surface area contributed by atoms with Crippen LogP contribution in [0.25, 0.3) is 0 Å². The van der Waals surface area contributed by atoms with Crippen LogP contribution in [-0.4, -0.2) is 36.4 Å². The number of hydrogen-bond acceptors (Lipinski definition) is 1. The van der Waals surface area contributed by atoms with E-state index in [4.69, 9.17) is 5.11 Å². The van der Waals surface area contributed by atoms with E-state index in [1.807, 2.05) is 0 Å². The quantitative estimate of drug-likeness (QED) is 0.109. The van der Waals surface area contributed by atoms with Gasteiger partial charge in [0.1, 0.15) is 0 Å². The Bertz CT molecular complexity index is 225. The van der Waals surface area contributed by atoms with Gasteiger partial charge in [0.05, 0.1) is 0 Å². The molecule has 0 aliphatic carbocycles. The number of rotatable bonds is 17. The number of hydrogen-bond donors (Lipinski definition) is 1. The van der Waals surface area contributed by atoms with E-state index in [1.54, 1.807) is 4.47 Å². The van der Waals surface area contributed by atoms with Crippen molar-refractivity contribution in [3.05, 3.63) is 0 Å². The van der Waals surface area contributed by atoms with E-state index in [-0.39, 0.29) is 0 Å². The molecule has 0 saturated carbocycles. The fraction of sp³-hybridized carbons (Fsp3) is 0.941. The monoisotopic (exact) mass is 519 g/mol. The summed E-state index contributed by atoms with van der Waals surface area (Å²) in [6.07, 6.45) is 16.4. The second kappa shape index (κ2) is 19.0. The molecule has 0 aromatic carbocycles. The molecule has 0 spiro atoms. The summed E-state index contributed by atoms with van der Waals surface area (Å²) < 4.78 is 4.40. The molecule has 0 aromatic heterocycles. The Morgan fingerprint density at radius 3 is 1.62 bits per heavy atom. The van der Waals surface area contributed by atoms with Gasteiger partial charge in [-0.2, -0.15) is 0 Å². The maximum atomic E-state index is 10.4. The number of halogens is 1. The molecule has 1 N–H and O–H groups in total. The van der Waals surface area contributed by atoms with Crippen molar-refractivity contribution in [2.24, 2.45) is 0 Å². The van der Waals surface area contributed by atoms with E-state index in [0.717, 1.165) is 12.8 Å². The Morgan fingerprint density at radius 1 is 0.714 bits per heavy atom. The second-order valence-electron chi connectivity index (χ2n) is 5.69. The van der Waals surface area contributed by atoms with E-state index < -0.39 is 5.97 Å². The number of carboxylic acids is 1. The van der Waals surface area contributed by atoms with E-state index in [2.05, 4.69) is 22.6 Å². The van der Waals surface area contributed by atoms with E-state index in [0.29, 0.717) is 27.3 Å². The third-order valence-corrected chi connectivity index (χ3v) is 7.66. The first kappa shape index (κ1) is 22.0. The van der Waals surface area contributed by atoms with Crippen LogP contribution in [0.4, 0.5) is 0 Å². The van der Waals surface area contributed by atoms with Crippen LogP contribution in [0.5, 0.6) is 0 Å². The zero-order valence-electron chi connectivity index (χ0n) is 13.5. The average Bonchev–Trinajstić information content (AvgIpc) is 2.46. The second-order valence-corrected chi connectivity index (χ2v) is 10.3. The summed E-state index contributed by atoms with van der Waals surface area (Å²) in [4.78, 5) is 10.4. The van der Waals surface area contributed by atoms with Crippen LogP contribution < -0.4 is 0 Å². The topological polar surface area (TPSA) is 37.3 Å². The van der Waals surface area contributed by atoms with E-state index in [1.165, 1.54) is 73.1 Å². The third-order valence-electron chi connectivity index (χ3n) is 3.60. The van der Waals surface area contributed by atoms with Gasteiger partial charge in [-0.1, -0.05) is 0 Å². The normalized spacial score (nSPS) is 10.9. The van der Waals surface area contributed by atoms with E-state index >= 15 is 0 Å². The van der Waals surface area contributed by atoms with Gasteiger partial charge in [0.25, 0.3) is 0 Å². The van der Waals surface area contributed by atoms with Crippen LogP contribution in [-0.2, 0) is 4.79 Å². The fourth-order valence-electron chi connectivity index (χ4n) is 2.30. The van der Waals surface area contributed by atoms with Crippen molar-refractivity contribution in [2.75, 3.05) is 4.43 Å². The van der Waals surface area contributed by atoms with Crippen molar-refractivity contribution < 1.29 is 9.90 Å². The van der Waals surface area contributed by atoms with Gasteiger partial charge < -0.3 is 0 Å². The minimum atomic E-state index is -0.648. The van der Waals surface area contributed by atoms with Gasteiger partial charge in [0.2, 0.25) is 0 Å². The summed E-state index contributed by atoms with van der Waals surface area (Å²) in [6.45, 7) is 0. The van der Waals surface area contributed by atoms with Gasteiger partial charge in [-0.25, -0.2) is 0 Å². The van der Waals surface area contributed by atoms with Crippen molar-refractivity contribution >= 4 is 49.5 Å². The SMILES string of the molecule is O=C(O)CCCCCCCC[123Te]CCCCCCCCI. The Balaban J connectivity index is 2.95. The summed E-state index contributed by atoms with van der Waals surface area (Å²) in [5, 5.41) is 8.53. The van der Waals surface area contributed by atoms with Crippen LogP contribution in [0, 0.1) is 0 Å². The third kappa shape index (κ3) is 21.0. The predicted octanol–water partition coefficient (Wildman–Crippen LogP) is 6.12. The molecule has 0 unspecified atom stereocenters. The number of aliphatic carboxylic acids is 1. The van der Waals surface area contributed by atoms with Crippen LogP contribution in [0.2, 0.25) is 8.94 Å². The van der Waals surface area contributed by atoms with Crippen LogP contribution in [0.1, 0.15) is 83.5 Å². The number of unbranched alkanes of at least 4 members (excludes halogenated alkanes) is 10. The number of carboxylic acid groups (broad SMARTS) is 1. The van der Waals surface area contributed by atoms with Crippen molar-refractivity contribution in [1.82, 2.24) is 0 Å². The van der Waals surface area contributed by atoms with Crippen molar-refractivity contribution in [3.63, 3.8) is 0 Å². The molecule has 0 fully saturated rings. The van der Waals surface area contributed by atoms with Crippen LogP contribution in [0.15, 0.2) is 0 Å². The summed E-state index contributed by atoms with van der Waals surface area (Å²) in [5.41, 5.74) is 0. The van der Waals surface area contributed by atoms with Crippen molar-refractivity contribution in [3.8, 4) is 0 Å². The Hall–Kier alpha value is 0.990. The number of carbonyl (C=O) groups is 1. The molecule has 0 heterocycles. The van der Waals surface area contributed by atoms with Gasteiger partial charge in [-0.05, 0) is 0 Å². The first-order chi connectivity index (χ1) is 10.3. The van der Waals surface area contributed by atoms with Crippen LogP contribution in [0.3, 0.4) is 0 Å². The summed E-state index contributed by atoms with van der Waals surface area (Å²) in [7, 11) is 0. The zero-order valence-corrected chi connectivity index (χ0v) is 17.9. The molecule has 126 valence electrons. The standard InChI is InChI=1S/C17H33IO2Te/c18-14-10-6-2-4-8-12-16-21-15-11-7-3-1-5-9-13-17(19)20/h1-16H2,(H,19,20)/i21-5. The van der Waals surface area contributed by atoms with Gasteiger partial charge in [-0.15, -0.1) is 0 Å². The van der Waals surface area contributed by atoms with Gasteiger partial charge in [0, 0.05) is 0 Å². The molecular weight excluding hydrogens is 486 g/mol. The predicted molar refractivity (Wildman–Crippen MR) is 102 cm³/mol. The molecule has 0 amide bonds. The summed E-state index contributed by atoms with van der Waals surface area (Å²) >= 11 is 2.78. The molecule has 0 aromatic rings. The zero-order chi connectivity index (χ0) is 15.6. The molecule has 0 radical (unpaired) electrons. The average molecular weight is 519 g/mol. The molecule has 0 bridgehead atoms. The minimum absolute atomic E-state index is 0.309. The van der Waals surface area contributed by atoms with Crippen LogP contribution >= 0.6 is 22.6 Å². The van der Waals surface area contributed by atoms with Gasteiger partial charge in [0.15, 0.2) is 0 Å². The fourth-order valence-corrected chi connectivity index (χ4v) is 5.75. The summed E-state index contributed by atoms with van der Waals surface area (Å²) in [5.74, 6) is -0.648. The number of alkyl halides is 1. The Kier molecular flexibility index (Phi) is 19.9. The molecule has 0 aliphatic rings. The molecule has 0 aliphatic heterocycles. The van der Waals surface area contributed by atoms with Gasteiger partial charge >= 0.3 is 156 Å². The van der Waals surface area contributed by atoms with Gasteiger partial charge in [-0.3, -0.25) is 0 Å². The molecule has 0 atom stereocenters. The molecule has 0 rings (SSSR count). The Morgan fingerprint density at radius 2 is 1.14 bits per heavy atom. The molecule has 21 heavy (non-hydrogen) atoms. The van der Waals surface area contributed by atoms with Crippen molar-refractivity contribution in [1.29, 1.82) is 0 Å². The molecule has 2 nitrogen and oxygen atoms in total. The van der Waals surface area contributed by atoms with E-state index in [9.17, 15) is 4.79 Å². The maximum absolute atomic E-state index is 10.4. The Labute approximate surface area is 155 Å². The van der Waals surface area contributed by atoms with Crippen molar-refractivity contribution in [2.45, 2.75) is 92.4 Å².